The summed E-state index contributed by atoms with van der Waals surface area (Å²) in [7, 11) is 0. The zero-order chi connectivity index (χ0) is 11.7. The largest absolute Gasteiger partial charge is 0.314 e. The molecule has 4 heteroatoms. The first-order valence-corrected chi connectivity index (χ1v) is 6.94. The Bertz CT molecular complexity index is 475. The Labute approximate surface area is 105 Å². The molecule has 1 atom stereocenters. The molecule has 2 aromatic rings. The van der Waals surface area contributed by atoms with Crippen molar-refractivity contribution in [3.8, 4) is 0 Å². The zero-order valence-corrected chi connectivity index (χ0v) is 10.8. The number of benzene rings is 1. The van der Waals surface area contributed by atoms with Crippen LogP contribution in [0.2, 0.25) is 0 Å². The maximum absolute atomic E-state index is 4.70. The van der Waals surface area contributed by atoms with Gasteiger partial charge in [-0.15, -0.1) is 11.3 Å². The van der Waals surface area contributed by atoms with Crippen molar-refractivity contribution in [1.29, 1.82) is 0 Å². The van der Waals surface area contributed by atoms with Gasteiger partial charge in [-0.1, -0.05) is 12.1 Å². The number of hydrogen-bond acceptors (Lipinski definition) is 4. The van der Waals surface area contributed by atoms with E-state index in [1.807, 2.05) is 11.3 Å². The summed E-state index contributed by atoms with van der Waals surface area (Å²) in [6, 6.07) is 8.99. The van der Waals surface area contributed by atoms with Crippen molar-refractivity contribution in [3.63, 3.8) is 0 Å². The van der Waals surface area contributed by atoms with E-state index in [1.165, 1.54) is 9.71 Å². The highest BCUT2D eigenvalue weighted by atomic mass is 32.1. The second-order valence-electron chi connectivity index (χ2n) is 4.60. The van der Waals surface area contributed by atoms with Gasteiger partial charge in [-0.3, -0.25) is 4.90 Å². The molecule has 90 valence electrons. The Balaban J connectivity index is 1.79. The molecule has 0 unspecified atom stereocenters. The van der Waals surface area contributed by atoms with E-state index in [1.54, 1.807) is 0 Å². The van der Waals surface area contributed by atoms with E-state index in [2.05, 4.69) is 41.4 Å². The molecule has 1 aromatic heterocycles. The van der Waals surface area contributed by atoms with Crippen LogP contribution in [0.5, 0.6) is 0 Å². The molecule has 1 fully saturated rings. The van der Waals surface area contributed by atoms with Crippen LogP contribution in [0.3, 0.4) is 0 Å². The molecule has 0 bridgehead atoms. The van der Waals surface area contributed by atoms with Gasteiger partial charge in [0.25, 0.3) is 0 Å². The number of rotatable bonds is 2. The van der Waals surface area contributed by atoms with Gasteiger partial charge < -0.3 is 5.32 Å². The molecule has 0 aliphatic carbocycles. The van der Waals surface area contributed by atoms with Crippen LogP contribution >= 0.6 is 11.3 Å². The number of fused-ring (bicyclic) bond motifs is 1. The van der Waals surface area contributed by atoms with Gasteiger partial charge in [0, 0.05) is 25.7 Å². The van der Waals surface area contributed by atoms with Gasteiger partial charge in [-0.2, -0.15) is 0 Å². The summed E-state index contributed by atoms with van der Waals surface area (Å²) in [5, 5.41) is 4.65. The summed E-state index contributed by atoms with van der Waals surface area (Å²) in [6.07, 6.45) is 0. The maximum Gasteiger partial charge on any atom is 0.108 e. The predicted molar refractivity (Wildman–Crippen MR) is 72.4 cm³/mol. The van der Waals surface area contributed by atoms with E-state index in [-0.39, 0.29) is 0 Å². The highest BCUT2D eigenvalue weighted by molar-refractivity contribution is 7.18. The predicted octanol–water partition coefficient (Wildman–Crippen LogP) is 2.09. The standard InChI is InChI=1S/C13H17N3S/c1-10-8-14-6-7-16(10)9-13-15-11-4-2-3-5-12(11)17-13/h2-5,10,14H,6-9H2,1H3/t10-/m0/s1. The molecule has 3 rings (SSSR count). The van der Waals surface area contributed by atoms with E-state index in [9.17, 15) is 0 Å². The van der Waals surface area contributed by atoms with Crippen molar-refractivity contribution >= 4 is 21.6 Å². The van der Waals surface area contributed by atoms with Crippen LogP contribution in [0.25, 0.3) is 10.2 Å². The fourth-order valence-corrected chi connectivity index (χ4v) is 3.27. The molecule has 17 heavy (non-hydrogen) atoms. The number of para-hydroxylation sites is 1. The number of hydrogen-bond donors (Lipinski definition) is 1. The van der Waals surface area contributed by atoms with Crippen molar-refractivity contribution in [2.75, 3.05) is 19.6 Å². The minimum absolute atomic E-state index is 0.607. The third kappa shape index (κ3) is 2.34. The van der Waals surface area contributed by atoms with Crippen molar-refractivity contribution in [2.24, 2.45) is 0 Å². The number of thiazole rings is 1. The number of piperazine rings is 1. The quantitative estimate of drug-likeness (QED) is 0.881. The van der Waals surface area contributed by atoms with Crippen LogP contribution in [0.1, 0.15) is 11.9 Å². The van der Waals surface area contributed by atoms with Crippen molar-refractivity contribution in [1.82, 2.24) is 15.2 Å². The topological polar surface area (TPSA) is 28.2 Å². The van der Waals surface area contributed by atoms with E-state index >= 15 is 0 Å². The lowest BCUT2D eigenvalue weighted by Crippen LogP contribution is -2.49. The second-order valence-corrected chi connectivity index (χ2v) is 5.71. The Morgan fingerprint density at radius 2 is 2.35 bits per heavy atom. The molecule has 1 aliphatic heterocycles. The third-order valence-corrected chi connectivity index (χ3v) is 4.34. The monoisotopic (exact) mass is 247 g/mol. The van der Waals surface area contributed by atoms with Gasteiger partial charge in [-0.05, 0) is 19.1 Å². The summed E-state index contributed by atoms with van der Waals surface area (Å²) in [6.45, 7) is 6.57. The fraction of sp³-hybridized carbons (Fsp3) is 0.462. The molecule has 0 saturated carbocycles. The van der Waals surface area contributed by atoms with Crippen LogP contribution in [0.15, 0.2) is 24.3 Å². The number of aromatic nitrogens is 1. The Morgan fingerprint density at radius 1 is 1.47 bits per heavy atom. The average Bonchev–Trinajstić information content (AvgIpc) is 2.74. The first-order valence-electron chi connectivity index (χ1n) is 6.12. The molecule has 1 N–H and O–H groups in total. The van der Waals surface area contributed by atoms with Gasteiger partial charge in [0.2, 0.25) is 0 Å². The van der Waals surface area contributed by atoms with Gasteiger partial charge >= 0.3 is 0 Å². The SMILES string of the molecule is C[C@H]1CNCCN1Cc1nc2ccccc2s1. The lowest BCUT2D eigenvalue weighted by molar-refractivity contribution is 0.165. The number of nitrogens with zero attached hydrogens (tertiary/aromatic N) is 2. The van der Waals surface area contributed by atoms with Crippen LogP contribution in [-0.2, 0) is 6.54 Å². The highest BCUT2D eigenvalue weighted by Crippen LogP contribution is 2.23. The van der Waals surface area contributed by atoms with Crippen molar-refractivity contribution in [3.05, 3.63) is 29.3 Å². The maximum atomic E-state index is 4.70. The summed E-state index contributed by atoms with van der Waals surface area (Å²) < 4.78 is 1.30. The normalized spacial score (nSPS) is 22.1. The summed E-state index contributed by atoms with van der Waals surface area (Å²) in [5.41, 5.74) is 1.13. The Hall–Kier alpha value is -0.970. The first kappa shape index (κ1) is 11.1. The summed E-state index contributed by atoms with van der Waals surface area (Å²) >= 11 is 1.82. The molecule has 1 aromatic carbocycles. The van der Waals surface area contributed by atoms with E-state index in [4.69, 9.17) is 4.98 Å². The van der Waals surface area contributed by atoms with E-state index < -0.39 is 0 Å². The lowest BCUT2D eigenvalue weighted by atomic mass is 10.2. The van der Waals surface area contributed by atoms with Crippen LogP contribution < -0.4 is 5.32 Å². The molecule has 2 heterocycles. The Kier molecular flexibility index (Phi) is 3.09. The Morgan fingerprint density at radius 3 is 3.18 bits per heavy atom. The average molecular weight is 247 g/mol. The molecular weight excluding hydrogens is 230 g/mol. The van der Waals surface area contributed by atoms with Gasteiger partial charge in [0.05, 0.1) is 16.8 Å². The molecule has 1 saturated heterocycles. The zero-order valence-electron chi connectivity index (χ0n) is 10.0. The molecule has 0 amide bonds. The smallest absolute Gasteiger partial charge is 0.108 e. The third-order valence-electron chi connectivity index (χ3n) is 3.32. The molecular formula is C13H17N3S. The minimum Gasteiger partial charge on any atom is -0.314 e. The van der Waals surface area contributed by atoms with Crippen molar-refractivity contribution in [2.45, 2.75) is 19.5 Å². The number of nitrogens with one attached hydrogen (secondary N) is 1. The van der Waals surface area contributed by atoms with Gasteiger partial charge in [0.15, 0.2) is 0 Å². The molecule has 3 nitrogen and oxygen atoms in total. The summed E-state index contributed by atoms with van der Waals surface area (Å²) in [5.74, 6) is 0. The molecule has 1 aliphatic rings. The van der Waals surface area contributed by atoms with E-state index in [0.717, 1.165) is 31.7 Å². The summed E-state index contributed by atoms with van der Waals surface area (Å²) in [4.78, 5) is 7.21. The second kappa shape index (κ2) is 4.72. The molecule has 0 spiro atoms. The minimum atomic E-state index is 0.607. The van der Waals surface area contributed by atoms with E-state index in [0.29, 0.717) is 6.04 Å². The first-order chi connectivity index (χ1) is 8.33. The van der Waals surface area contributed by atoms with Crippen LogP contribution in [0, 0.1) is 0 Å². The molecule has 0 radical (unpaired) electrons. The van der Waals surface area contributed by atoms with Gasteiger partial charge in [-0.25, -0.2) is 4.98 Å². The lowest BCUT2D eigenvalue weighted by Gasteiger charge is -2.33. The van der Waals surface area contributed by atoms with Crippen LogP contribution in [-0.4, -0.2) is 35.6 Å². The highest BCUT2D eigenvalue weighted by Gasteiger charge is 2.19. The van der Waals surface area contributed by atoms with Gasteiger partial charge in [0.1, 0.15) is 5.01 Å². The van der Waals surface area contributed by atoms with Crippen molar-refractivity contribution < 1.29 is 0 Å². The fourth-order valence-electron chi connectivity index (χ4n) is 2.28. The van der Waals surface area contributed by atoms with Crippen LogP contribution in [0.4, 0.5) is 0 Å².